The first-order chi connectivity index (χ1) is 13.7. The number of fused-ring (bicyclic) bond motifs is 2. The summed E-state index contributed by atoms with van der Waals surface area (Å²) < 4.78 is 20.1. The number of rotatable bonds is 1. The zero-order chi connectivity index (χ0) is 20.6. The molecule has 5 rings (SSSR count). The Hall–Kier alpha value is -3.15. The Balaban J connectivity index is 1.61. The molecule has 0 radical (unpaired) electrons. The third-order valence-corrected chi connectivity index (χ3v) is 6.44. The number of ether oxygens (including phenoxy) is 1. The smallest absolute Gasteiger partial charge is 0.234 e. The summed E-state index contributed by atoms with van der Waals surface area (Å²) in [6, 6.07) is 10.1. The van der Waals surface area contributed by atoms with Crippen LogP contribution in [0.15, 0.2) is 42.5 Å². The molecule has 5 nitrogen and oxygen atoms in total. The SMILES string of the molecule is CN1c2ccc(N3C(=O)CCC3=O)cc2C(C)(C)C12C=Cc1cc(F)ccc1O2. The molecule has 3 heterocycles. The molecule has 1 unspecified atom stereocenters. The highest BCUT2D eigenvalue weighted by Gasteiger charge is 2.57. The number of imide groups is 1. The van der Waals surface area contributed by atoms with Crippen molar-refractivity contribution in [2.24, 2.45) is 0 Å². The predicted octanol–water partition coefficient (Wildman–Crippen LogP) is 4.01. The van der Waals surface area contributed by atoms with Crippen molar-refractivity contribution >= 4 is 29.3 Å². The maximum Gasteiger partial charge on any atom is 0.234 e. The Kier molecular flexibility index (Phi) is 3.51. The summed E-state index contributed by atoms with van der Waals surface area (Å²) in [7, 11) is 1.96. The summed E-state index contributed by atoms with van der Waals surface area (Å²) >= 11 is 0. The van der Waals surface area contributed by atoms with E-state index in [0.717, 1.165) is 11.3 Å². The van der Waals surface area contributed by atoms with Crippen LogP contribution in [0.1, 0.15) is 37.8 Å². The first-order valence-corrected chi connectivity index (χ1v) is 9.66. The van der Waals surface area contributed by atoms with Crippen LogP contribution < -0.4 is 14.5 Å². The van der Waals surface area contributed by atoms with E-state index in [1.54, 1.807) is 12.1 Å². The molecule has 2 aromatic rings. The minimum atomic E-state index is -0.808. The summed E-state index contributed by atoms with van der Waals surface area (Å²) in [5.74, 6) is -0.0243. The van der Waals surface area contributed by atoms with Gasteiger partial charge >= 0.3 is 0 Å². The second-order valence-corrected chi connectivity index (χ2v) is 8.32. The third kappa shape index (κ3) is 2.26. The minimum absolute atomic E-state index is 0.168. The highest BCUT2D eigenvalue weighted by molar-refractivity contribution is 6.20. The summed E-state index contributed by atoms with van der Waals surface area (Å²) in [5.41, 5.74) is 1.94. The molecule has 1 saturated heterocycles. The normalized spacial score (nSPS) is 24.1. The van der Waals surface area contributed by atoms with E-state index in [1.165, 1.54) is 17.0 Å². The fourth-order valence-electron chi connectivity index (χ4n) is 4.77. The van der Waals surface area contributed by atoms with Gasteiger partial charge in [0.15, 0.2) is 0 Å². The number of nitrogens with zero attached hydrogens (tertiary/aromatic N) is 2. The molecule has 0 aromatic heterocycles. The van der Waals surface area contributed by atoms with Crippen LogP contribution in [0.25, 0.3) is 6.08 Å². The number of likely N-dealkylation sites (N-methyl/N-ethyl adjacent to an activating group) is 1. The van der Waals surface area contributed by atoms with Crippen molar-refractivity contribution in [1.29, 1.82) is 0 Å². The maximum absolute atomic E-state index is 13.6. The fraction of sp³-hybridized carbons (Fsp3) is 0.304. The molecule has 1 spiro atoms. The lowest BCUT2D eigenvalue weighted by molar-refractivity contribution is -0.121. The topological polar surface area (TPSA) is 49.9 Å². The molecular formula is C23H21FN2O3. The van der Waals surface area contributed by atoms with E-state index < -0.39 is 11.1 Å². The molecule has 0 saturated carbocycles. The number of amides is 2. The Morgan fingerprint density at radius 3 is 2.48 bits per heavy atom. The monoisotopic (exact) mass is 392 g/mol. The van der Waals surface area contributed by atoms with E-state index >= 15 is 0 Å². The van der Waals surface area contributed by atoms with Crippen LogP contribution in [-0.2, 0) is 15.0 Å². The Bertz CT molecular complexity index is 1090. The molecule has 1 fully saturated rings. The molecule has 148 valence electrons. The van der Waals surface area contributed by atoms with Crippen LogP contribution in [0.2, 0.25) is 0 Å². The Morgan fingerprint density at radius 1 is 1.03 bits per heavy atom. The summed E-state index contributed by atoms with van der Waals surface area (Å²) in [6.07, 6.45) is 4.35. The largest absolute Gasteiger partial charge is 0.463 e. The van der Waals surface area contributed by atoms with Crippen molar-refractivity contribution in [3.05, 3.63) is 59.4 Å². The Morgan fingerprint density at radius 2 is 1.76 bits per heavy atom. The summed E-state index contributed by atoms with van der Waals surface area (Å²) in [6.45, 7) is 4.15. The molecule has 0 bridgehead atoms. The van der Waals surface area contributed by atoms with Gasteiger partial charge in [-0.1, -0.05) is 0 Å². The zero-order valence-corrected chi connectivity index (χ0v) is 16.5. The van der Waals surface area contributed by atoms with Crippen LogP contribution in [0.3, 0.4) is 0 Å². The maximum atomic E-state index is 13.6. The van der Waals surface area contributed by atoms with E-state index in [-0.39, 0.29) is 30.5 Å². The highest BCUT2D eigenvalue weighted by Crippen LogP contribution is 2.55. The van der Waals surface area contributed by atoms with Crippen LogP contribution in [-0.4, -0.2) is 24.6 Å². The van der Waals surface area contributed by atoms with Gasteiger partial charge in [-0.15, -0.1) is 0 Å². The number of carbonyl (C=O) groups is 2. The van der Waals surface area contributed by atoms with E-state index in [0.29, 0.717) is 17.0 Å². The van der Waals surface area contributed by atoms with Crippen molar-refractivity contribution < 1.29 is 18.7 Å². The van der Waals surface area contributed by atoms with Gasteiger partial charge in [-0.05, 0) is 68.0 Å². The van der Waals surface area contributed by atoms with Gasteiger partial charge in [0.2, 0.25) is 17.5 Å². The van der Waals surface area contributed by atoms with Crippen molar-refractivity contribution in [3.63, 3.8) is 0 Å². The lowest BCUT2D eigenvalue weighted by Gasteiger charge is -2.45. The molecule has 0 N–H and O–H groups in total. The van der Waals surface area contributed by atoms with E-state index in [1.807, 2.05) is 31.3 Å². The van der Waals surface area contributed by atoms with E-state index in [4.69, 9.17) is 4.74 Å². The summed E-state index contributed by atoms with van der Waals surface area (Å²) in [5, 5.41) is 0. The van der Waals surface area contributed by atoms with Gasteiger partial charge in [0.25, 0.3) is 0 Å². The van der Waals surface area contributed by atoms with E-state index in [9.17, 15) is 14.0 Å². The molecule has 1 atom stereocenters. The minimum Gasteiger partial charge on any atom is -0.463 e. The van der Waals surface area contributed by atoms with E-state index in [2.05, 4.69) is 18.7 Å². The lowest BCUT2D eigenvalue weighted by atomic mass is 9.76. The molecule has 2 amide bonds. The second kappa shape index (κ2) is 5.69. The molecule has 6 heteroatoms. The van der Waals surface area contributed by atoms with Gasteiger partial charge < -0.3 is 9.64 Å². The van der Waals surface area contributed by atoms with Crippen LogP contribution in [0.5, 0.6) is 5.75 Å². The van der Waals surface area contributed by atoms with Gasteiger partial charge in [0.05, 0.1) is 11.1 Å². The van der Waals surface area contributed by atoms with Crippen LogP contribution >= 0.6 is 0 Å². The van der Waals surface area contributed by atoms with Gasteiger partial charge in [0.1, 0.15) is 11.6 Å². The van der Waals surface area contributed by atoms with Crippen molar-refractivity contribution in [3.8, 4) is 5.75 Å². The molecule has 29 heavy (non-hydrogen) atoms. The first kappa shape index (κ1) is 17.9. The number of anilines is 2. The lowest BCUT2D eigenvalue weighted by Crippen LogP contribution is -2.58. The molecule has 3 aliphatic heterocycles. The molecular weight excluding hydrogens is 371 g/mol. The van der Waals surface area contributed by atoms with Gasteiger partial charge in [-0.3, -0.25) is 14.5 Å². The first-order valence-electron chi connectivity index (χ1n) is 9.66. The predicted molar refractivity (Wildman–Crippen MR) is 108 cm³/mol. The van der Waals surface area contributed by atoms with Gasteiger partial charge in [-0.25, -0.2) is 4.39 Å². The Labute approximate surface area is 168 Å². The fourth-order valence-corrected chi connectivity index (χ4v) is 4.77. The van der Waals surface area contributed by atoms with Gasteiger partial charge in [0, 0.05) is 31.1 Å². The number of halogens is 1. The average Bonchev–Trinajstić information content (AvgIpc) is 3.10. The highest BCUT2D eigenvalue weighted by atomic mass is 19.1. The van der Waals surface area contributed by atoms with Gasteiger partial charge in [-0.2, -0.15) is 0 Å². The number of hydrogen-bond donors (Lipinski definition) is 0. The molecule has 3 aliphatic rings. The summed E-state index contributed by atoms with van der Waals surface area (Å²) in [4.78, 5) is 27.7. The standard InChI is InChI=1S/C23H21FN2O3/c1-22(2)17-13-16(26-20(27)8-9-21(26)28)5-6-18(17)25(3)23(22)11-10-14-12-15(24)4-7-19(14)29-23/h4-7,10-13H,8-9H2,1-3H3. The number of carbonyl (C=O) groups excluding carboxylic acids is 2. The van der Waals surface area contributed by atoms with Crippen LogP contribution in [0, 0.1) is 5.82 Å². The third-order valence-electron chi connectivity index (χ3n) is 6.44. The molecule has 0 aliphatic carbocycles. The van der Waals surface area contributed by atoms with Crippen molar-refractivity contribution in [2.75, 3.05) is 16.8 Å². The number of benzene rings is 2. The van der Waals surface area contributed by atoms with Crippen molar-refractivity contribution in [1.82, 2.24) is 0 Å². The van der Waals surface area contributed by atoms with Crippen molar-refractivity contribution in [2.45, 2.75) is 37.8 Å². The quantitative estimate of drug-likeness (QED) is 0.688. The van der Waals surface area contributed by atoms with Crippen LogP contribution in [0.4, 0.5) is 15.8 Å². The average molecular weight is 392 g/mol. The number of hydrogen-bond acceptors (Lipinski definition) is 4. The molecule has 2 aromatic carbocycles. The second-order valence-electron chi connectivity index (χ2n) is 8.32. The zero-order valence-electron chi connectivity index (χ0n) is 16.5.